The van der Waals surface area contributed by atoms with Crippen LogP contribution in [-0.4, -0.2) is 28.9 Å². The molecule has 5 nitrogen and oxygen atoms in total. The molecule has 1 aromatic heterocycles. The summed E-state index contributed by atoms with van der Waals surface area (Å²) in [5.74, 6) is -0.684. The molecule has 0 radical (unpaired) electrons. The number of aromatic nitrogens is 1. The van der Waals surface area contributed by atoms with E-state index in [1.54, 1.807) is 0 Å². The first-order valence-corrected chi connectivity index (χ1v) is 5.54. The summed E-state index contributed by atoms with van der Waals surface area (Å²) < 4.78 is 40.8. The van der Waals surface area contributed by atoms with Gasteiger partial charge in [0.15, 0.2) is 5.75 Å². The quantitative estimate of drug-likeness (QED) is 0.616. The molecule has 0 unspecified atom stereocenters. The Hall–Kier alpha value is -1.99. The fraction of sp³-hybridized carbons (Fsp3) is 0.455. The zero-order chi connectivity index (χ0) is 14.2. The van der Waals surface area contributed by atoms with E-state index >= 15 is 0 Å². The lowest BCUT2D eigenvalue weighted by molar-refractivity contribution is -0.910. The summed E-state index contributed by atoms with van der Waals surface area (Å²) >= 11 is 0. The summed E-state index contributed by atoms with van der Waals surface area (Å²) in [5.41, 5.74) is 0.915. The molecule has 1 aromatic rings. The first-order valence-electron chi connectivity index (χ1n) is 5.54. The van der Waals surface area contributed by atoms with Crippen LogP contribution in [0.3, 0.4) is 0 Å². The van der Waals surface area contributed by atoms with Crippen molar-refractivity contribution in [3.63, 3.8) is 0 Å². The van der Waals surface area contributed by atoms with Crippen LogP contribution in [0.1, 0.15) is 18.2 Å². The minimum atomic E-state index is -4.82. The standard InChI is InChI=1S/C11H12F3N2O3/c1-7(17)15-3-2-10-8(5-15)4-9(6-16(10)18)19-11(12,13)14/h4,6,18H,2-3,5H2,1H3/q+1. The fourth-order valence-corrected chi connectivity index (χ4v) is 2.03. The number of rotatable bonds is 1. The Morgan fingerprint density at radius 2 is 2.21 bits per heavy atom. The number of amides is 1. The lowest BCUT2D eigenvalue weighted by Gasteiger charge is -2.25. The van der Waals surface area contributed by atoms with E-state index in [0.29, 0.717) is 29.0 Å². The van der Waals surface area contributed by atoms with E-state index in [2.05, 4.69) is 4.74 Å². The zero-order valence-corrected chi connectivity index (χ0v) is 10.1. The highest BCUT2D eigenvalue weighted by Gasteiger charge is 2.34. The summed E-state index contributed by atoms with van der Waals surface area (Å²) in [5, 5.41) is 9.62. The Bertz CT molecular complexity index is 517. The molecular weight excluding hydrogens is 265 g/mol. The topological polar surface area (TPSA) is 53.7 Å². The van der Waals surface area contributed by atoms with Crippen molar-refractivity contribution in [3.05, 3.63) is 23.5 Å². The molecule has 2 rings (SSSR count). The Labute approximate surface area is 106 Å². The third-order valence-corrected chi connectivity index (χ3v) is 2.87. The molecular formula is C11H12F3N2O3+. The number of halogens is 3. The molecule has 1 N–H and O–H groups in total. The Kier molecular flexibility index (Phi) is 3.25. The molecule has 1 amide bonds. The molecule has 19 heavy (non-hydrogen) atoms. The molecule has 1 aliphatic rings. The minimum Gasteiger partial charge on any atom is -0.399 e. The van der Waals surface area contributed by atoms with Crippen LogP contribution in [0.5, 0.6) is 5.75 Å². The van der Waals surface area contributed by atoms with Crippen LogP contribution in [0, 0.1) is 0 Å². The lowest BCUT2D eigenvalue weighted by Crippen LogP contribution is -2.44. The van der Waals surface area contributed by atoms with E-state index in [4.69, 9.17) is 0 Å². The molecule has 0 atom stereocenters. The summed E-state index contributed by atoms with van der Waals surface area (Å²) in [6.45, 7) is 1.96. The third kappa shape index (κ3) is 3.07. The van der Waals surface area contributed by atoms with Crippen LogP contribution in [0.4, 0.5) is 13.2 Å². The highest BCUT2D eigenvalue weighted by molar-refractivity contribution is 5.73. The summed E-state index contributed by atoms with van der Waals surface area (Å²) in [6.07, 6.45) is -3.59. The molecule has 8 heteroatoms. The monoisotopic (exact) mass is 277 g/mol. The van der Waals surface area contributed by atoms with Gasteiger partial charge in [0.2, 0.25) is 11.6 Å². The number of carbonyl (C=O) groups excluding carboxylic acids is 1. The SMILES string of the molecule is CC(=O)N1CCc2c(cc(OC(F)(F)F)c[n+]2O)C1. The van der Waals surface area contributed by atoms with Crippen molar-refractivity contribution < 1.29 is 32.6 Å². The van der Waals surface area contributed by atoms with Crippen LogP contribution < -0.4 is 9.47 Å². The molecule has 1 aliphatic heterocycles. The van der Waals surface area contributed by atoms with Gasteiger partial charge in [0, 0.05) is 23.8 Å². The third-order valence-electron chi connectivity index (χ3n) is 2.87. The number of carbonyl (C=O) groups is 1. The van der Waals surface area contributed by atoms with Gasteiger partial charge in [-0.15, -0.1) is 13.2 Å². The Morgan fingerprint density at radius 1 is 1.53 bits per heavy atom. The Balaban J connectivity index is 2.31. The molecule has 104 valence electrons. The first-order chi connectivity index (χ1) is 8.76. The smallest absolute Gasteiger partial charge is 0.399 e. The highest BCUT2D eigenvalue weighted by atomic mass is 19.4. The van der Waals surface area contributed by atoms with Crippen molar-refractivity contribution in [2.24, 2.45) is 0 Å². The van der Waals surface area contributed by atoms with Crippen LogP contribution in [0.15, 0.2) is 12.3 Å². The maximum absolute atomic E-state index is 12.1. The number of hydrogen-bond donors (Lipinski definition) is 1. The van der Waals surface area contributed by atoms with Crippen molar-refractivity contribution in [1.82, 2.24) is 4.90 Å². The molecule has 2 heterocycles. The molecule has 0 aliphatic carbocycles. The highest BCUT2D eigenvalue weighted by Crippen LogP contribution is 2.25. The molecule has 0 saturated heterocycles. The molecule has 0 saturated carbocycles. The second-order valence-electron chi connectivity index (χ2n) is 4.23. The largest absolute Gasteiger partial charge is 0.573 e. The number of hydrogen-bond acceptors (Lipinski definition) is 3. The van der Waals surface area contributed by atoms with Gasteiger partial charge in [-0.05, 0) is 6.07 Å². The first kappa shape index (κ1) is 13.4. The van der Waals surface area contributed by atoms with E-state index in [1.807, 2.05) is 0 Å². The normalized spacial score (nSPS) is 15.1. The minimum absolute atomic E-state index is 0.153. The Morgan fingerprint density at radius 3 is 2.79 bits per heavy atom. The number of fused-ring (bicyclic) bond motifs is 1. The van der Waals surface area contributed by atoms with E-state index in [0.717, 1.165) is 6.20 Å². The molecule has 0 bridgehead atoms. The lowest BCUT2D eigenvalue weighted by atomic mass is 10.1. The molecule has 0 aromatic carbocycles. The maximum Gasteiger partial charge on any atom is 0.573 e. The van der Waals surface area contributed by atoms with Gasteiger partial charge in [0.1, 0.15) is 0 Å². The van der Waals surface area contributed by atoms with Crippen molar-refractivity contribution >= 4 is 5.91 Å². The van der Waals surface area contributed by atoms with Gasteiger partial charge in [-0.1, -0.05) is 0 Å². The predicted octanol–water partition coefficient (Wildman–Crippen LogP) is 1.01. The van der Waals surface area contributed by atoms with Gasteiger partial charge in [0.05, 0.1) is 13.0 Å². The summed E-state index contributed by atoms with van der Waals surface area (Å²) in [7, 11) is 0. The summed E-state index contributed by atoms with van der Waals surface area (Å²) in [6, 6.07) is 1.19. The van der Waals surface area contributed by atoms with Crippen molar-refractivity contribution in [3.8, 4) is 5.75 Å². The number of alkyl halides is 3. The van der Waals surface area contributed by atoms with Crippen LogP contribution >= 0.6 is 0 Å². The van der Waals surface area contributed by atoms with Gasteiger partial charge in [-0.3, -0.25) is 10.0 Å². The van der Waals surface area contributed by atoms with Crippen LogP contribution in [0.25, 0.3) is 0 Å². The van der Waals surface area contributed by atoms with Gasteiger partial charge in [-0.25, -0.2) is 0 Å². The van der Waals surface area contributed by atoms with E-state index < -0.39 is 12.1 Å². The van der Waals surface area contributed by atoms with Crippen LogP contribution in [-0.2, 0) is 17.8 Å². The van der Waals surface area contributed by atoms with Crippen molar-refractivity contribution in [2.75, 3.05) is 6.54 Å². The second-order valence-corrected chi connectivity index (χ2v) is 4.23. The number of ether oxygens (including phenoxy) is 1. The zero-order valence-electron chi connectivity index (χ0n) is 10.1. The van der Waals surface area contributed by atoms with Gasteiger partial charge >= 0.3 is 6.36 Å². The fourth-order valence-electron chi connectivity index (χ4n) is 2.03. The van der Waals surface area contributed by atoms with E-state index in [9.17, 15) is 23.2 Å². The molecule has 0 spiro atoms. The number of pyridine rings is 1. The van der Waals surface area contributed by atoms with Gasteiger partial charge < -0.3 is 9.64 Å². The second kappa shape index (κ2) is 4.60. The number of nitrogens with zero attached hydrogens (tertiary/aromatic N) is 2. The predicted molar refractivity (Wildman–Crippen MR) is 55.3 cm³/mol. The van der Waals surface area contributed by atoms with E-state index in [1.165, 1.54) is 17.9 Å². The van der Waals surface area contributed by atoms with Crippen molar-refractivity contribution in [2.45, 2.75) is 26.3 Å². The summed E-state index contributed by atoms with van der Waals surface area (Å²) in [4.78, 5) is 12.7. The molecule has 0 fully saturated rings. The maximum atomic E-state index is 12.1. The van der Waals surface area contributed by atoms with Crippen LogP contribution in [0.2, 0.25) is 0 Å². The van der Waals surface area contributed by atoms with E-state index in [-0.39, 0.29) is 12.5 Å². The average Bonchev–Trinajstić information content (AvgIpc) is 2.25. The average molecular weight is 277 g/mol. The van der Waals surface area contributed by atoms with Gasteiger partial charge in [-0.2, -0.15) is 0 Å². The van der Waals surface area contributed by atoms with Crippen molar-refractivity contribution in [1.29, 1.82) is 0 Å². The van der Waals surface area contributed by atoms with Gasteiger partial charge in [0.25, 0.3) is 6.20 Å².